The molecule has 1 aromatic carbocycles. The zero-order chi connectivity index (χ0) is 16.6. The van der Waals surface area contributed by atoms with E-state index in [2.05, 4.69) is 6.92 Å². The van der Waals surface area contributed by atoms with Crippen LogP contribution in [0.2, 0.25) is 0 Å². The van der Waals surface area contributed by atoms with Gasteiger partial charge in [0.2, 0.25) is 0 Å². The molecule has 1 nitrogen and oxygen atoms in total. The molecule has 0 bridgehead atoms. The molecule has 0 fully saturated rings. The minimum absolute atomic E-state index is 0.0615. The third kappa shape index (κ3) is 6.03. The Morgan fingerprint density at radius 3 is 2.32 bits per heavy atom. The topological polar surface area (TPSA) is 17.1 Å². The Balaban J connectivity index is 2.61. The summed E-state index contributed by atoms with van der Waals surface area (Å²) in [5.41, 5.74) is -0.290. The minimum atomic E-state index is -4.37. The average Bonchev–Trinajstić information content (AvgIpc) is 2.49. The number of unbranched alkanes of at least 4 members (excludes halogenated alkanes) is 5. The number of benzene rings is 1. The summed E-state index contributed by atoms with van der Waals surface area (Å²) in [4.78, 5) is 12.6. The molecule has 0 atom stereocenters. The zero-order valence-electron chi connectivity index (χ0n) is 13.1. The summed E-state index contributed by atoms with van der Waals surface area (Å²) in [6.07, 6.45) is 4.22. The predicted octanol–water partition coefficient (Wildman–Crippen LogP) is 6.36. The van der Waals surface area contributed by atoms with E-state index >= 15 is 0 Å². The molecule has 0 aromatic heterocycles. The van der Waals surface area contributed by atoms with Gasteiger partial charge in [0.1, 0.15) is 0 Å². The summed E-state index contributed by atoms with van der Waals surface area (Å²) in [6.45, 7) is 2.15. The van der Waals surface area contributed by atoms with E-state index in [1.165, 1.54) is 37.1 Å². The van der Waals surface area contributed by atoms with Gasteiger partial charge in [0.05, 0.1) is 5.56 Å². The standard InChI is InChI=1S/C17H23F3OS/c1-3-4-5-6-7-8-9-15(21)14-11-10-13(17(18,19)20)12-16(14)22-2/h10-12H,3-9H2,1-2H3. The van der Waals surface area contributed by atoms with E-state index in [1.807, 2.05) is 0 Å². The summed E-state index contributed by atoms with van der Waals surface area (Å²) < 4.78 is 38.1. The number of halogens is 3. The summed E-state index contributed by atoms with van der Waals surface area (Å²) >= 11 is 1.18. The molecule has 0 spiro atoms. The van der Waals surface area contributed by atoms with Crippen LogP contribution in [0.4, 0.5) is 13.2 Å². The maximum Gasteiger partial charge on any atom is 0.416 e. The Bertz CT molecular complexity index is 483. The second kappa shape index (κ2) is 9.23. The first-order valence-corrected chi connectivity index (χ1v) is 8.91. The Morgan fingerprint density at radius 1 is 1.09 bits per heavy atom. The van der Waals surface area contributed by atoms with Gasteiger partial charge in [0.15, 0.2) is 5.78 Å². The quantitative estimate of drug-likeness (QED) is 0.297. The van der Waals surface area contributed by atoms with Crippen molar-refractivity contribution in [3.63, 3.8) is 0 Å². The van der Waals surface area contributed by atoms with Gasteiger partial charge in [0.25, 0.3) is 0 Å². The second-order valence-electron chi connectivity index (χ2n) is 5.35. The Hall–Kier alpha value is -0.970. The minimum Gasteiger partial charge on any atom is -0.294 e. The summed E-state index contributed by atoms with van der Waals surface area (Å²) in [7, 11) is 0. The molecule has 0 saturated carbocycles. The molecule has 0 heterocycles. The highest BCUT2D eigenvalue weighted by Crippen LogP contribution is 2.33. The van der Waals surface area contributed by atoms with Gasteiger partial charge < -0.3 is 0 Å². The van der Waals surface area contributed by atoms with E-state index in [0.717, 1.165) is 31.4 Å². The molecule has 0 aliphatic carbocycles. The molecule has 0 aliphatic rings. The lowest BCUT2D eigenvalue weighted by molar-refractivity contribution is -0.137. The number of hydrogen-bond acceptors (Lipinski definition) is 2. The lowest BCUT2D eigenvalue weighted by atomic mass is 10.0. The molecule has 1 rings (SSSR count). The van der Waals surface area contributed by atoms with Crippen LogP contribution in [0.25, 0.3) is 0 Å². The smallest absolute Gasteiger partial charge is 0.294 e. The van der Waals surface area contributed by atoms with Crippen molar-refractivity contribution in [3.05, 3.63) is 29.3 Å². The third-order valence-corrected chi connectivity index (χ3v) is 4.36. The summed E-state index contributed by atoms with van der Waals surface area (Å²) in [5.74, 6) is -0.0615. The number of thioether (sulfide) groups is 1. The Labute approximate surface area is 134 Å². The maximum atomic E-state index is 12.7. The van der Waals surface area contributed by atoms with Crippen LogP contribution in [0.15, 0.2) is 23.1 Å². The first-order valence-electron chi connectivity index (χ1n) is 7.68. The molecule has 22 heavy (non-hydrogen) atoms. The molecule has 1 aromatic rings. The van der Waals surface area contributed by atoms with Crippen LogP contribution >= 0.6 is 11.8 Å². The van der Waals surface area contributed by atoms with E-state index in [4.69, 9.17) is 0 Å². The normalized spacial score (nSPS) is 11.7. The number of hydrogen-bond donors (Lipinski definition) is 0. The van der Waals surface area contributed by atoms with Crippen molar-refractivity contribution >= 4 is 17.5 Å². The fourth-order valence-electron chi connectivity index (χ4n) is 2.30. The van der Waals surface area contributed by atoms with Crippen LogP contribution in [0.3, 0.4) is 0 Å². The fourth-order valence-corrected chi connectivity index (χ4v) is 2.95. The van der Waals surface area contributed by atoms with Crippen LogP contribution in [-0.2, 0) is 6.18 Å². The van der Waals surface area contributed by atoms with E-state index in [9.17, 15) is 18.0 Å². The maximum absolute atomic E-state index is 12.7. The molecule has 0 unspecified atom stereocenters. The number of alkyl halides is 3. The molecular formula is C17H23F3OS. The predicted molar refractivity (Wildman–Crippen MR) is 85.5 cm³/mol. The number of rotatable bonds is 9. The number of ketones is 1. The molecule has 0 radical (unpaired) electrons. The molecule has 0 aliphatic heterocycles. The lowest BCUT2D eigenvalue weighted by Crippen LogP contribution is -2.08. The van der Waals surface area contributed by atoms with Gasteiger partial charge in [-0.3, -0.25) is 4.79 Å². The van der Waals surface area contributed by atoms with Crippen LogP contribution in [0, 0.1) is 0 Å². The third-order valence-electron chi connectivity index (χ3n) is 3.59. The molecule has 0 saturated heterocycles. The van der Waals surface area contributed by atoms with Gasteiger partial charge in [0, 0.05) is 16.9 Å². The largest absolute Gasteiger partial charge is 0.416 e. The number of carbonyl (C=O) groups is 1. The van der Waals surface area contributed by atoms with Gasteiger partial charge in [-0.05, 0) is 30.9 Å². The van der Waals surface area contributed by atoms with Crippen molar-refractivity contribution < 1.29 is 18.0 Å². The first-order chi connectivity index (χ1) is 10.4. The highest BCUT2D eigenvalue weighted by Gasteiger charge is 2.31. The van der Waals surface area contributed by atoms with E-state index in [-0.39, 0.29) is 5.78 Å². The summed E-state index contributed by atoms with van der Waals surface area (Å²) in [5, 5.41) is 0. The van der Waals surface area contributed by atoms with E-state index < -0.39 is 11.7 Å². The van der Waals surface area contributed by atoms with Gasteiger partial charge in [-0.1, -0.05) is 39.0 Å². The fraction of sp³-hybridized carbons (Fsp3) is 0.588. The van der Waals surface area contributed by atoms with Crippen molar-refractivity contribution in [1.29, 1.82) is 0 Å². The van der Waals surface area contributed by atoms with Crippen molar-refractivity contribution in [3.8, 4) is 0 Å². The van der Waals surface area contributed by atoms with Gasteiger partial charge in [-0.2, -0.15) is 13.2 Å². The number of carbonyl (C=O) groups excluding carboxylic acids is 1. The molecular weight excluding hydrogens is 309 g/mol. The lowest BCUT2D eigenvalue weighted by Gasteiger charge is -2.11. The van der Waals surface area contributed by atoms with Crippen LogP contribution in [0.1, 0.15) is 67.8 Å². The number of Topliss-reactive ketones (excluding diaryl/α,β-unsaturated/α-hetero) is 1. The van der Waals surface area contributed by atoms with Crippen LogP contribution in [0.5, 0.6) is 0 Å². The van der Waals surface area contributed by atoms with Crippen molar-refractivity contribution in [1.82, 2.24) is 0 Å². The van der Waals surface area contributed by atoms with Crippen molar-refractivity contribution in [2.75, 3.05) is 6.26 Å². The molecule has 0 N–H and O–H groups in total. The van der Waals surface area contributed by atoms with Crippen molar-refractivity contribution in [2.24, 2.45) is 0 Å². The monoisotopic (exact) mass is 332 g/mol. The molecule has 124 valence electrons. The van der Waals surface area contributed by atoms with Crippen LogP contribution < -0.4 is 0 Å². The second-order valence-corrected chi connectivity index (χ2v) is 6.20. The SMILES string of the molecule is CCCCCCCCC(=O)c1ccc(C(F)(F)F)cc1SC. The van der Waals surface area contributed by atoms with E-state index in [0.29, 0.717) is 16.9 Å². The summed E-state index contributed by atoms with van der Waals surface area (Å²) in [6, 6.07) is 3.38. The highest BCUT2D eigenvalue weighted by atomic mass is 32.2. The molecule has 0 amide bonds. The first kappa shape index (κ1) is 19.1. The average molecular weight is 332 g/mol. The van der Waals surface area contributed by atoms with Crippen LogP contribution in [-0.4, -0.2) is 12.0 Å². The van der Waals surface area contributed by atoms with Gasteiger partial charge >= 0.3 is 6.18 Å². The van der Waals surface area contributed by atoms with Crippen molar-refractivity contribution in [2.45, 2.75) is 62.9 Å². The van der Waals surface area contributed by atoms with Gasteiger partial charge in [-0.15, -0.1) is 11.8 Å². The van der Waals surface area contributed by atoms with Gasteiger partial charge in [-0.25, -0.2) is 0 Å². The Kier molecular flexibility index (Phi) is 8.01. The molecule has 5 heteroatoms. The highest BCUT2D eigenvalue weighted by molar-refractivity contribution is 7.98. The van der Waals surface area contributed by atoms with E-state index in [1.54, 1.807) is 6.26 Å². The Morgan fingerprint density at radius 2 is 1.73 bits per heavy atom. The zero-order valence-corrected chi connectivity index (χ0v) is 13.9.